The Labute approximate surface area is 113 Å². The van der Waals surface area contributed by atoms with Gasteiger partial charge in [0, 0.05) is 4.88 Å². The molecule has 100 valence electrons. The molecule has 0 aromatic carbocycles. The molecule has 5 nitrogen and oxygen atoms in total. The Hall–Kier alpha value is -1.66. The van der Waals surface area contributed by atoms with Gasteiger partial charge in [-0.15, -0.1) is 11.3 Å². The third-order valence-electron chi connectivity index (χ3n) is 3.50. The number of carboxylic acid groups (broad SMARTS) is 1. The van der Waals surface area contributed by atoms with E-state index < -0.39 is 30.0 Å². The minimum atomic E-state index is -0.979. The predicted molar refractivity (Wildman–Crippen MR) is 68.6 cm³/mol. The van der Waals surface area contributed by atoms with Crippen molar-refractivity contribution < 1.29 is 19.4 Å². The molecule has 1 fully saturated rings. The van der Waals surface area contributed by atoms with Crippen LogP contribution in [0.3, 0.4) is 0 Å². The lowest BCUT2D eigenvalue weighted by molar-refractivity contribution is -0.146. The fourth-order valence-electron chi connectivity index (χ4n) is 2.62. The Kier molecular flexibility index (Phi) is 3.12. The first-order valence-corrected chi connectivity index (χ1v) is 6.91. The maximum Gasteiger partial charge on any atom is 0.310 e. The summed E-state index contributed by atoms with van der Waals surface area (Å²) in [5, 5.41) is 13.9. The number of hydrogen-bond acceptors (Lipinski definition) is 4. The van der Waals surface area contributed by atoms with E-state index in [4.69, 9.17) is 4.74 Å². The first kappa shape index (κ1) is 12.4. The van der Waals surface area contributed by atoms with E-state index in [1.165, 1.54) is 0 Å². The van der Waals surface area contributed by atoms with Crippen LogP contribution in [0.2, 0.25) is 0 Å². The Morgan fingerprint density at radius 2 is 2.05 bits per heavy atom. The molecule has 0 saturated carbocycles. The van der Waals surface area contributed by atoms with Crippen molar-refractivity contribution in [1.82, 2.24) is 5.32 Å². The maximum absolute atomic E-state index is 12.2. The van der Waals surface area contributed by atoms with Crippen molar-refractivity contribution in [2.45, 2.75) is 18.8 Å². The molecule has 3 heterocycles. The molecule has 0 spiro atoms. The third kappa shape index (κ3) is 2.17. The van der Waals surface area contributed by atoms with Crippen LogP contribution in [-0.4, -0.2) is 29.2 Å². The van der Waals surface area contributed by atoms with Crippen molar-refractivity contribution in [3.63, 3.8) is 0 Å². The second kappa shape index (κ2) is 4.79. The summed E-state index contributed by atoms with van der Waals surface area (Å²) in [6, 6.07) is 3.84. The van der Waals surface area contributed by atoms with Crippen LogP contribution < -0.4 is 5.32 Å². The molecule has 1 amide bonds. The summed E-state index contributed by atoms with van der Waals surface area (Å²) < 4.78 is 5.47. The van der Waals surface area contributed by atoms with Crippen LogP contribution in [0, 0.1) is 11.8 Å². The molecule has 2 aliphatic heterocycles. The molecule has 0 radical (unpaired) electrons. The highest BCUT2D eigenvalue weighted by atomic mass is 32.1. The molecule has 4 atom stereocenters. The van der Waals surface area contributed by atoms with Crippen LogP contribution >= 0.6 is 11.3 Å². The predicted octanol–water partition coefficient (Wildman–Crippen LogP) is 1.02. The van der Waals surface area contributed by atoms with Gasteiger partial charge in [0.2, 0.25) is 5.91 Å². The van der Waals surface area contributed by atoms with Crippen molar-refractivity contribution in [2.75, 3.05) is 0 Å². The van der Waals surface area contributed by atoms with Crippen molar-refractivity contribution in [1.29, 1.82) is 0 Å². The summed E-state index contributed by atoms with van der Waals surface area (Å²) in [6.07, 6.45) is 2.63. The molecular formula is C13H13NO4S. The van der Waals surface area contributed by atoms with Crippen LogP contribution in [0.15, 0.2) is 29.7 Å². The molecule has 2 bridgehead atoms. The van der Waals surface area contributed by atoms with Gasteiger partial charge >= 0.3 is 5.97 Å². The lowest BCUT2D eigenvalue weighted by Crippen LogP contribution is -2.42. The summed E-state index contributed by atoms with van der Waals surface area (Å²) in [6.45, 7) is 0.431. The Morgan fingerprint density at radius 3 is 2.68 bits per heavy atom. The molecule has 6 heteroatoms. The van der Waals surface area contributed by atoms with Crippen molar-refractivity contribution >= 4 is 23.2 Å². The van der Waals surface area contributed by atoms with Crippen molar-refractivity contribution in [2.24, 2.45) is 11.8 Å². The van der Waals surface area contributed by atoms with Gasteiger partial charge in [0.25, 0.3) is 0 Å². The average Bonchev–Trinajstić information content (AvgIpc) is 3.10. The Morgan fingerprint density at radius 1 is 1.32 bits per heavy atom. The summed E-state index contributed by atoms with van der Waals surface area (Å²) in [4.78, 5) is 24.5. The topological polar surface area (TPSA) is 75.6 Å². The number of fused-ring (bicyclic) bond motifs is 2. The molecule has 0 unspecified atom stereocenters. The average molecular weight is 279 g/mol. The number of thiophene rings is 1. The molecule has 1 aromatic heterocycles. The number of nitrogens with one attached hydrogen (secondary N) is 1. The van der Waals surface area contributed by atoms with E-state index in [1.54, 1.807) is 23.5 Å². The smallest absolute Gasteiger partial charge is 0.310 e. The van der Waals surface area contributed by atoms with Crippen molar-refractivity contribution in [3.05, 3.63) is 34.5 Å². The van der Waals surface area contributed by atoms with Gasteiger partial charge in [0.15, 0.2) is 0 Å². The molecular weight excluding hydrogens is 266 g/mol. The zero-order valence-corrected chi connectivity index (χ0v) is 10.8. The van der Waals surface area contributed by atoms with E-state index in [0.717, 1.165) is 4.88 Å². The highest BCUT2D eigenvalue weighted by molar-refractivity contribution is 7.09. The quantitative estimate of drug-likeness (QED) is 0.807. The fraction of sp³-hybridized carbons (Fsp3) is 0.385. The summed E-state index contributed by atoms with van der Waals surface area (Å²) in [7, 11) is 0. The van der Waals surface area contributed by atoms with E-state index in [-0.39, 0.29) is 5.91 Å². The highest BCUT2D eigenvalue weighted by Gasteiger charge is 2.53. The molecule has 0 aliphatic carbocycles. The molecule has 2 aliphatic rings. The Balaban J connectivity index is 1.68. The van der Waals surface area contributed by atoms with Crippen LogP contribution in [0.1, 0.15) is 4.88 Å². The summed E-state index contributed by atoms with van der Waals surface area (Å²) in [5.74, 6) is -2.64. The van der Waals surface area contributed by atoms with Crippen LogP contribution in [0.5, 0.6) is 0 Å². The molecule has 19 heavy (non-hydrogen) atoms. The maximum atomic E-state index is 12.2. The largest absolute Gasteiger partial charge is 0.481 e. The Bertz CT molecular complexity index is 525. The minimum Gasteiger partial charge on any atom is -0.481 e. The van der Waals surface area contributed by atoms with Crippen LogP contribution in [0.25, 0.3) is 0 Å². The number of ether oxygens (including phenoxy) is 1. The normalized spacial score (nSPS) is 31.6. The van der Waals surface area contributed by atoms with Gasteiger partial charge in [0.05, 0.1) is 24.7 Å². The summed E-state index contributed by atoms with van der Waals surface area (Å²) in [5.41, 5.74) is 0. The third-order valence-corrected chi connectivity index (χ3v) is 4.38. The second-order valence-electron chi connectivity index (χ2n) is 4.64. The number of hydrogen-bond donors (Lipinski definition) is 2. The summed E-state index contributed by atoms with van der Waals surface area (Å²) >= 11 is 1.55. The number of carbonyl (C=O) groups excluding carboxylic acids is 1. The van der Waals surface area contributed by atoms with E-state index in [0.29, 0.717) is 6.54 Å². The number of aliphatic carboxylic acids is 1. The SMILES string of the molecule is O=C(O)[C@@H]1[C@H](C(=O)NCc2cccs2)[C@@H]2C=C[C@H]1O2. The lowest BCUT2D eigenvalue weighted by atomic mass is 9.82. The zero-order chi connectivity index (χ0) is 13.4. The monoisotopic (exact) mass is 279 g/mol. The number of carboxylic acids is 1. The zero-order valence-electron chi connectivity index (χ0n) is 9.98. The number of amides is 1. The van der Waals surface area contributed by atoms with Gasteiger partial charge in [-0.25, -0.2) is 0 Å². The standard InChI is InChI=1S/C13H13NO4S/c15-12(14-6-7-2-1-5-19-7)10-8-3-4-9(18-8)11(10)13(16)17/h1-5,8-11H,6H2,(H,14,15)(H,16,17)/t8-,9+,10+,11-/m0/s1. The minimum absolute atomic E-state index is 0.252. The number of carbonyl (C=O) groups is 2. The van der Waals surface area contributed by atoms with Gasteiger partial charge in [0.1, 0.15) is 5.92 Å². The molecule has 1 saturated heterocycles. The van der Waals surface area contributed by atoms with Crippen LogP contribution in [0.4, 0.5) is 0 Å². The number of rotatable bonds is 4. The molecule has 3 rings (SSSR count). The molecule has 2 N–H and O–H groups in total. The van der Waals surface area contributed by atoms with Gasteiger partial charge < -0.3 is 15.2 Å². The highest BCUT2D eigenvalue weighted by Crippen LogP contribution is 2.39. The lowest BCUT2D eigenvalue weighted by Gasteiger charge is -2.20. The van der Waals surface area contributed by atoms with Gasteiger partial charge in [-0.05, 0) is 11.4 Å². The first-order valence-electron chi connectivity index (χ1n) is 6.03. The van der Waals surface area contributed by atoms with Gasteiger partial charge in [-0.2, -0.15) is 0 Å². The fourth-order valence-corrected chi connectivity index (χ4v) is 3.26. The van der Waals surface area contributed by atoms with Crippen molar-refractivity contribution in [3.8, 4) is 0 Å². The molecule has 1 aromatic rings. The van der Waals surface area contributed by atoms with E-state index in [1.807, 2.05) is 17.5 Å². The van der Waals surface area contributed by atoms with Crippen LogP contribution in [-0.2, 0) is 20.9 Å². The van der Waals surface area contributed by atoms with E-state index >= 15 is 0 Å². The first-order chi connectivity index (χ1) is 9.16. The van der Waals surface area contributed by atoms with E-state index in [9.17, 15) is 14.7 Å². The van der Waals surface area contributed by atoms with Gasteiger partial charge in [-0.1, -0.05) is 18.2 Å². The van der Waals surface area contributed by atoms with Gasteiger partial charge in [-0.3, -0.25) is 9.59 Å². The second-order valence-corrected chi connectivity index (χ2v) is 5.67. The van der Waals surface area contributed by atoms with E-state index in [2.05, 4.69) is 5.32 Å².